The van der Waals surface area contributed by atoms with E-state index >= 15 is 0 Å². The molecule has 0 aliphatic heterocycles. The maximum Gasteiger partial charge on any atom is 0.220 e. The van der Waals surface area contributed by atoms with Crippen molar-refractivity contribution in [2.24, 2.45) is 0 Å². The zero-order chi connectivity index (χ0) is 16.6. The maximum absolute atomic E-state index is 2.28. The number of hydrogen-bond acceptors (Lipinski definition) is 1. The van der Waals surface area contributed by atoms with E-state index in [1.807, 2.05) is 17.4 Å². The van der Waals surface area contributed by atoms with Crippen molar-refractivity contribution in [3.05, 3.63) is 96.3 Å². The number of pyridine rings is 2. The van der Waals surface area contributed by atoms with Crippen molar-refractivity contribution in [3.63, 3.8) is 0 Å². The van der Waals surface area contributed by atoms with Crippen LogP contribution in [0.3, 0.4) is 0 Å². The summed E-state index contributed by atoms with van der Waals surface area (Å²) in [6, 6.07) is 25.7. The van der Waals surface area contributed by atoms with Crippen LogP contribution in [0.4, 0.5) is 0 Å². The molecule has 3 aromatic heterocycles. The van der Waals surface area contributed by atoms with E-state index in [1.54, 1.807) is 0 Å². The number of aromatic nitrogens is 1. The van der Waals surface area contributed by atoms with Crippen LogP contribution < -0.4 is 4.40 Å². The van der Waals surface area contributed by atoms with E-state index < -0.39 is 0 Å². The molecule has 3 heterocycles. The highest BCUT2D eigenvalue weighted by atomic mass is 32.1. The van der Waals surface area contributed by atoms with Crippen molar-refractivity contribution in [2.45, 2.75) is 0 Å². The first-order valence-electron chi connectivity index (χ1n) is 8.37. The molecule has 2 aromatic carbocycles. The van der Waals surface area contributed by atoms with Crippen LogP contribution in [0.25, 0.3) is 37.8 Å². The van der Waals surface area contributed by atoms with Crippen LogP contribution in [0.2, 0.25) is 0 Å². The van der Waals surface area contributed by atoms with Gasteiger partial charge in [-0.2, -0.15) is 4.40 Å². The molecule has 1 nitrogen and oxygen atoms in total. The molecule has 118 valence electrons. The van der Waals surface area contributed by atoms with Crippen LogP contribution >= 0.6 is 11.3 Å². The number of benzene rings is 2. The average Bonchev–Trinajstić information content (AvgIpc) is 3.06. The minimum atomic E-state index is 1.21. The fourth-order valence-corrected chi connectivity index (χ4v) is 4.42. The van der Waals surface area contributed by atoms with Crippen molar-refractivity contribution >= 4 is 49.2 Å². The monoisotopic (exact) mass is 338 g/mol. The van der Waals surface area contributed by atoms with Gasteiger partial charge < -0.3 is 0 Å². The van der Waals surface area contributed by atoms with Gasteiger partial charge >= 0.3 is 0 Å². The second-order valence-corrected chi connectivity index (χ2v) is 7.23. The van der Waals surface area contributed by atoms with Crippen molar-refractivity contribution in [1.29, 1.82) is 0 Å². The molecule has 5 aromatic rings. The van der Waals surface area contributed by atoms with Gasteiger partial charge in [-0.25, -0.2) is 0 Å². The van der Waals surface area contributed by atoms with E-state index in [2.05, 4.69) is 95.7 Å². The number of hydrogen-bond donors (Lipinski definition) is 0. The van der Waals surface area contributed by atoms with E-state index in [-0.39, 0.29) is 0 Å². The largest absolute Gasteiger partial charge is 0.220 e. The van der Waals surface area contributed by atoms with E-state index in [9.17, 15) is 0 Å². The fraction of sp³-hybridized carbons (Fsp3) is 0. The first-order chi connectivity index (χ1) is 12.4. The molecule has 0 aliphatic rings. The lowest BCUT2D eigenvalue weighted by molar-refractivity contribution is -0.510. The van der Waals surface area contributed by atoms with Crippen LogP contribution in [0, 0.1) is 0 Å². The predicted molar refractivity (Wildman–Crippen MR) is 108 cm³/mol. The summed E-state index contributed by atoms with van der Waals surface area (Å²) in [5.41, 5.74) is 3.69. The molecule has 0 unspecified atom stereocenters. The van der Waals surface area contributed by atoms with Crippen LogP contribution in [-0.2, 0) is 0 Å². The summed E-state index contributed by atoms with van der Waals surface area (Å²) in [7, 11) is 0. The Morgan fingerprint density at radius 1 is 0.680 bits per heavy atom. The summed E-state index contributed by atoms with van der Waals surface area (Å²) in [6.07, 6.45) is 8.64. The van der Waals surface area contributed by atoms with Crippen molar-refractivity contribution < 1.29 is 4.40 Å². The zero-order valence-corrected chi connectivity index (χ0v) is 14.4. The Balaban J connectivity index is 1.72. The summed E-state index contributed by atoms with van der Waals surface area (Å²) < 4.78 is 4.89. The van der Waals surface area contributed by atoms with E-state index in [0.29, 0.717) is 0 Å². The molecular formula is C23H16NS+. The minimum Gasteiger partial charge on any atom is -0.166 e. The van der Waals surface area contributed by atoms with E-state index in [0.717, 1.165) is 0 Å². The van der Waals surface area contributed by atoms with Gasteiger partial charge in [0, 0.05) is 33.0 Å². The lowest BCUT2D eigenvalue weighted by Gasteiger charge is -1.97. The molecule has 0 bridgehead atoms. The Bertz CT molecular complexity index is 1230. The molecule has 5 rings (SSSR count). The van der Waals surface area contributed by atoms with Crippen molar-refractivity contribution in [3.8, 4) is 0 Å². The third-order valence-electron chi connectivity index (χ3n) is 4.54. The van der Waals surface area contributed by atoms with Gasteiger partial charge in [-0.1, -0.05) is 60.7 Å². The topological polar surface area (TPSA) is 4.10 Å². The molecule has 0 atom stereocenters. The molecular weight excluding hydrogens is 322 g/mol. The second kappa shape index (κ2) is 5.83. The molecule has 2 heteroatoms. The van der Waals surface area contributed by atoms with Gasteiger partial charge in [0.2, 0.25) is 5.52 Å². The van der Waals surface area contributed by atoms with Crippen LogP contribution in [-0.4, -0.2) is 0 Å². The molecule has 0 radical (unpaired) electrons. The Kier molecular flexibility index (Phi) is 3.36. The Hall–Kier alpha value is -2.97. The summed E-state index contributed by atoms with van der Waals surface area (Å²) in [6.45, 7) is 0. The molecule has 0 spiro atoms. The number of rotatable bonds is 2. The summed E-state index contributed by atoms with van der Waals surface area (Å²) in [4.78, 5) is 0. The van der Waals surface area contributed by atoms with Crippen molar-refractivity contribution in [1.82, 2.24) is 0 Å². The number of thiophene rings is 1. The molecule has 0 N–H and O–H groups in total. The van der Waals surface area contributed by atoms with Crippen molar-refractivity contribution in [2.75, 3.05) is 0 Å². The standard InChI is InChI=1S/C23H16NS/c1-2-6-17(7-3-1)10-11-18-12-14-24-15-13-22-23(20(24)16-18)19-8-4-5-9-21(19)25-22/h1-16H/q+1/b11-10+. The molecule has 0 aliphatic carbocycles. The third-order valence-corrected chi connectivity index (χ3v) is 5.68. The lowest BCUT2D eigenvalue weighted by atomic mass is 10.1. The van der Waals surface area contributed by atoms with Crippen LogP contribution in [0.1, 0.15) is 11.1 Å². The van der Waals surface area contributed by atoms with Gasteiger partial charge in [0.15, 0.2) is 12.4 Å². The van der Waals surface area contributed by atoms with Crippen LogP contribution in [0.5, 0.6) is 0 Å². The van der Waals surface area contributed by atoms with Gasteiger partial charge in [-0.15, -0.1) is 11.3 Å². The SMILES string of the molecule is C(=C\c1cc[n+]2ccc3sc4ccccc4c3c2c1)/c1ccccc1. The Morgan fingerprint density at radius 2 is 1.44 bits per heavy atom. The highest BCUT2D eigenvalue weighted by Crippen LogP contribution is 2.35. The summed E-state index contributed by atoms with van der Waals surface area (Å²) in [5.74, 6) is 0. The molecule has 0 fully saturated rings. The number of fused-ring (bicyclic) bond motifs is 5. The molecule has 0 saturated carbocycles. The van der Waals surface area contributed by atoms with Gasteiger partial charge in [0.1, 0.15) is 0 Å². The molecule has 0 saturated heterocycles. The summed E-state index contributed by atoms with van der Waals surface area (Å²) in [5, 5.41) is 2.68. The smallest absolute Gasteiger partial charge is 0.166 e. The van der Waals surface area contributed by atoms with Crippen LogP contribution in [0.15, 0.2) is 85.2 Å². The average molecular weight is 338 g/mol. The third kappa shape index (κ3) is 2.51. The first kappa shape index (κ1) is 14.4. The normalized spacial score (nSPS) is 11.8. The van der Waals surface area contributed by atoms with Gasteiger partial charge in [0.05, 0.1) is 5.39 Å². The lowest BCUT2D eigenvalue weighted by Crippen LogP contribution is -2.20. The second-order valence-electron chi connectivity index (χ2n) is 6.15. The van der Waals surface area contributed by atoms with Gasteiger partial charge in [-0.3, -0.25) is 0 Å². The minimum absolute atomic E-state index is 1.21. The molecule has 25 heavy (non-hydrogen) atoms. The highest BCUT2D eigenvalue weighted by Gasteiger charge is 2.13. The summed E-state index contributed by atoms with van der Waals surface area (Å²) >= 11 is 1.86. The van der Waals surface area contributed by atoms with E-state index in [1.165, 1.54) is 36.8 Å². The maximum atomic E-state index is 2.28. The quantitative estimate of drug-likeness (QED) is 0.350. The highest BCUT2D eigenvalue weighted by molar-refractivity contribution is 7.26. The van der Waals surface area contributed by atoms with Gasteiger partial charge in [-0.05, 0) is 17.2 Å². The zero-order valence-electron chi connectivity index (χ0n) is 13.6. The Morgan fingerprint density at radius 3 is 2.36 bits per heavy atom. The number of nitrogens with zero attached hydrogens (tertiary/aromatic N) is 1. The molecule has 0 amide bonds. The Labute approximate surface area is 150 Å². The van der Waals surface area contributed by atoms with Gasteiger partial charge in [0.25, 0.3) is 0 Å². The van der Waals surface area contributed by atoms with E-state index in [4.69, 9.17) is 0 Å². The first-order valence-corrected chi connectivity index (χ1v) is 9.18. The fourth-order valence-electron chi connectivity index (χ4n) is 3.31. The predicted octanol–water partition coefficient (Wildman–Crippen LogP) is 5.96.